The highest BCUT2D eigenvalue weighted by Gasteiger charge is 2.32. The number of hydrogen-bond acceptors (Lipinski definition) is 4. The minimum atomic E-state index is -0.343. The van der Waals surface area contributed by atoms with Gasteiger partial charge in [-0.05, 0) is 18.3 Å². The van der Waals surface area contributed by atoms with E-state index in [1.807, 2.05) is 13.8 Å². The Hall–Kier alpha value is -1.78. The van der Waals surface area contributed by atoms with Gasteiger partial charge >= 0.3 is 0 Å². The van der Waals surface area contributed by atoms with Crippen LogP contribution in [0.2, 0.25) is 0 Å². The smallest absolute Gasteiger partial charge is 0.226 e. The van der Waals surface area contributed by atoms with E-state index in [1.54, 1.807) is 6.08 Å². The Morgan fingerprint density at radius 3 is 2.40 bits per heavy atom. The zero-order chi connectivity index (χ0) is 14.9. The third-order valence-electron chi connectivity index (χ3n) is 3.89. The molecule has 5 nitrogen and oxygen atoms in total. The second-order valence-electron chi connectivity index (χ2n) is 5.93. The van der Waals surface area contributed by atoms with Crippen molar-refractivity contribution >= 4 is 23.4 Å². The number of ketones is 2. The van der Waals surface area contributed by atoms with Gasteiger partial charge in [0.15, 0.2) is 11.6 Å². The average Bonchev–Trinajstić information content (AvgIpc) is 2.32. The van der Waals surface area contributed by atoms with Crippen molar-refractivity contribution in [2.75, 3.05) is 0 Å². The number of rotatable bonds is 3. The summed E-state index contributed by atoms with van der Waals surface area (Å²) in [5.41, 5.74) is 0.259. The normalized spacial score (nSPS) is 28.1. The number of allylic oxidation sites excluding steroid dienone is 2. The number of Topliss-reactive ketones (excluding diaryl/α,β-unsaturated/α-hetero) is 2. The van der Waals surface area contributed by atoms with Crippen LogP contribution >= 0.6 is 0 Å². The molecular formula is C15H19NO4. The Morgan fingerprint density at radius 2 is 1.80 bits per heavy atom. The fourth-order valence-corrected chi connectivity index (χ4v) is 2.97. The number of hydrogen-bond donors (Lipinski definition) is 1. The molecule has 0 bridgehead atoms. The van der Waals surface area contributed by atoms with Crippen LogP contribution in [0, 0.1) is 17.8 Å². The summed E-state index contributed by atoms with van der Waals surface area (Å²) in [4.78, 5) is 46.9. The molecule has 0 aromatic heterocycles. The zero-order valence-corrected chi connectivity index (χ0v) is 11.8. The van der Waals surface area contributed by atoms with Crippen LogP contribution in [-0.4, -0.2) is 23.4 Å². The first-order valence-electron chi connectivity index (χ1n) is 6.98. The monoisotopic (exact) mass is 277 g/mol. The van der Waals surface area contributed by atoms with Crippen molar-refractivity contribution in [3.8, 4) is 0 Å². The first-order chi connectivity index (χ1) is 9.36. The Kier molecular flexibility index (Phi) is 4.16. The van der Waals surface area contributed by atoms with Crippen molar-refractivity contribution in [2.24, 2.45) is 17.8 Å². The van der Waals surface area contributed by atoms with Gasteiger partial charge in [-0.3, -0.25) is 24.5 Å². The van der Waals surface area contributed by atoms with E-state index in [0.29, 0.717) is 0 Å². The van der Waals surface area contributed by atoms with E-state index in [4.69, 9.17) is 0 Å². The summed E-state index contributed by atoms with van der Waals surface area (Å²) in [6.45, 7) is 3.81. The van der Waals surface area contributed by atoms with Crippen molar-refractivity contribution in [3.63, 3.8) is 0 Å². The fourth-order valence-electron chi connectivity index (χ4n) is 2.97. The van der Waals surface area contributed by atoms with E-state index in [9.17, 15) is 19.2 Å². The van der Waals surface area contributed by atoms with Crippen LogP contribution in [0.1, 0.15) is 39.5 Å². The molecule has 0 radical (unpaired) electrons. The number of nitrogens with one attached hydrogen (secondary N) is 1. The summed E-state index contributed by atoms with van der Waals surface area (Å²) >= 11 is 0. The molecule has 1 fully saturated rings. The summed E-state index contributed by atoms with van der Waals surface area (Å²) in [5.74, 6) is -1.25. The van der Waals surface area contributed by atoms with Gasteiger partial charge in [-0.15, -0.1) is 0 Å². The minimum absolute atomic E-state index is 0.0934. The van der Waals surface area contributed by atoms with Gasteiger partial charge in [0, 0.05) is 25.2 Å². The van der Waals surface area contributed by atoms with E-state index in [0.717, 1.165) is 6.42 Å². The molecule has 20 heavy (non-hydrogen) atoms. The van der Waals surface area contributed by atoms with Gasteiger partial charge in [-0.1, -0.05) is 19.9 Å². The maximum Gasteiger partial charge on any atom is 0.226 e. The lowest BCUT2D eigenvalue weighted by atomic mass is 9.79. The van der Waals surface area contributed by atoms with Crippen molar-refractivity contribution in [1.82, 2.24) is 5.32 Å². The largest absolute Gasteiger partial charge is 0.296 e. The quantitative estimate of drug-likeness (QED) is 0.620. The second kappa shape index (κ2) is 5.69. The van der Waals surface area contributed by atoms with Crippen molar-refractivity contribution in [2.45, 2.75) is 39.5 Å². The average molecular weight is 277 g/mol. The molecule has 5 heteroatoms. The predicted molar refractivity (Wildman–Crippen MR) is 71.5 cm³/mol. The van der Waals surface area contributed by atoms with Crippen LogP contribution < -0.4 is 5.32 Å². The lowest BCUT2D eigenvalue weighted by Gasteiger charge is -2.24. The number of piperidine rings is 1. The van der Waals surface area contributed by atoms with Crippen LogP contribution in [-0.2, 0) is 19.2 Å². The van der Waals surface area contributed by atoms with E-state index in [-0.39, 0.29) is 66.0 Å². The van der Waals surface area contributed by atoms with Crippen LogP contribution in [0.3, 0.4) is 0 Å². The fraction of sp³-hybridized carbons (Fsp3) is 0.600. The van der Waals surface area contributed by atoms with E-state index in [2.05, 4.69) is 5.32 Å². The van der Waals surface area contributed by atoms with Gasteiger partial charge in [-0.25, -0.2) is 0 Å². The van der Waals surface area contributed by atoms with Gasteiger partial charge in [0.1, 0.15) is 0 Å². The van der Waals surface area contributed by atoms with E-state index >= 15 is 0 Å². The van der Waals surface area contributed by atoms with Gasteiger partial charge in [-0.2, -0.15) is 0 Å². The van der Waals surface area contributed by atoms with E-state index < -0.39 is 0 Å². The van der Waals surface area contributed by atoms with Crippen molar-refractivity contribution < 1.29 is 19.2 Å². The Morgan fingerprint density at radius 1 is 1.20 bits per heavy atom. The molecule has 1 N–H and O–H groups in total. The zero-order valence-electron chi connectivity index (χ0n) is 11.8. The molecule has 1 aliphatic carbocycles. The molecule has 0 saturated carbocycles. The first kappa shape index (κ1) is 14.6. The molecule has 0 aromatic rings. The molecule has 1 aliphatic heterocycles. The minimum Gasteiger partial charge on any atom is -0.296 e. The van der Waals surface area contributed by atoms with Gasteiger partial charge in [0.25, 0.3) is 0 Å². The molecule has 1 saturated heterocycles. The molecule has 2 rings (SSSR count). The molecule has 0 spiro atoms. The highest BCUT2D eigenvalue weighted by atomic mass is 16.2. The number of carbonyl (C=O) groups is 4. The molecule has 0 aromatic carbocycles. The Balaban J connectivity index is 2.06. The molecular weight excluding hydrogens is 258 g/mol. The third kappa shape index (κ3) is 3.21. The molecule has 2 aliphatic rings. The van der Waals surface area contributed by atoms with Crippen LogP contribution in [0.5, 0.6) is 0 Å². The molecule has 2 unspecified atom stereocenters. The lowest BCUT2D eigenvalue weighted by molar-refractivity contribution is -0.135. The maximum absolute atomic E-state index is 12.2. The summed E-state index contributed by atoms with van der Waals surface area (Å²) < 4.78 is 0. The maximum atomic E-state index is 12.2. The Labute approximate surface area is 117 Å². The topological polar surface area (TPSA) is 80.3 Å². The molecule has 2 atom stereocenters. The van der Waals surface area contributed by atoms with Gasteiger partial charge in [0.05, 0.1) is 5.57 Å². The SMILES string of the molecule is CC1C=C(C(=O)CC2CC(=O)NC(=O)C2)C(=O)C(C)C1. The number of amides is 2. The summed E-state index contributed by atoms with van der Waals surface area (Å²) in [7, 11) is 0. The highest BCUT2D eigenvalue weighted by molar-refractivity contribution is 6.21. The van der Waals surface area contributed by atoms with Crippen molar-refractivity contribution in [1.29, 1.82) is 0 Å². The lowest BCUT2D eigenvalue weighted by Crippen LogP contribution is -2.39. The third-order valence-corrected chi connectivity index (χ3v) is 3.89. The van der Waals surface area contributed by atoms with Gasteiger partial charge < -0.3 is 0 Å². The van der Waals surface area contributed by atoms with E-state index in [1.165, 1.54) is 0 Å². The van der Waals surface area contributed by atoms with Crippen LogP contribution in [0.15, 0.2) is 11.6 Å². The second-order valence-corrected chi connectivity index (χ2v) is 5.93. The molecule has 108 valence electrons. The number of carbonyl (C=O) groups excluding carboxylic acids is 4. The summed E-state index contributed by atoms with van der Waals surface area (Å²) in [6.07, 6.45) is 2.93. The van der Waals surface area contributed by atoms with Gasteiger partial charge in [0.2, 0.25) is 11.8 Å². The first-order valence-corrected chi connectivity index (χ1v) is 6.98. The van der Waals surface area contributed by atoms with Crippen LogP contribution in [0.4, 0.5) is 0 Å². The highest BCUT2D eigenvalue weighted by Crippen LogP contribution is 2.28. The summed E-state index contributed by atoms with van der Waals surface area (Å²) in [5, 5.41) is 2.21. The predicted octanol–water partition coefficient (Wildman–Crippen LogP) is 1.17. The number of imide groups is 1. The molecule has 1 heterocycles. The van der Waals surface area contributed by atoms with Crippen molar-refractivity contribution in [3.05, 3.63) is 11.6 Å². The molecule has 2 amide bonds. The standard InChI is InChI=1S/C15H19NO4/c1-8-3-9(2)15(20)11(4-8)12(17)5-10-6-13(18)16-14(19)7-10/h4,8-10H,3,5-7H2,1-2H3,(H,16,18,19). The van der Waals surface area contributed by atoms with Crippen LogP contribution in [0.25, 0.3) is 0 Å². The Bertz CT molecular complexity index is 490. The summed E-state index contributed by atoms with van der Waals surface area (Å²) in [6, 6.07) is 0.